The van der Waals surface area contributed by atoms with Crippen LogP contribution in [0, 0.1) is 0 Å². The first-order chi connectivity index (χ1) is 16.2. The van der Waals surface area contributed by atoms with Gasteiger partial charge in [-0.15, -0.1) is 0 Å². The number of alkyl halides is 3. The molecule has 0 aliphatic heterocycles. The van der Waals surface area contributed by atoms with Crippen molar-refractivity contribution in [3.63, 3.8) is 0 Å². The first-order valence-electron chi connectivity index (χ1n) is 9.99. The zero-order valence-electron chi connectivity index (χ0n) is 17.7. The molecule has 4 aromatic rings. The van der Waals surface area contributed by atoms with Crippen LogP contribution in [0.4, 0.5) is 13.2 Å². The van der Waals surface area contributed by atoms with Gasteiger partial charge in [0.1, 0.15) is 17.0 Å². The number of hydrogen-bond acceptors (Lipinski definition) is 6. The fourth-order valence-corrected chi connectivity index (χ4v) is 3.48. The number of benzene rings is 2. The van der Waals surface area contributed by atoms with E-state index in [2.05, 4.69) is 15.3 Å². The van der Waals surface area contributed by atoms with E-state index in [4.69, 9.17) is 26.5 Å². The summed E-state index contributed by atoms with van der Waals surface area (Å²) >= 11 is 5.87. The van der Waals surface area contributed by atoms with Gasteiger partial charge in [-0.25, -0.2) is 9.97 Å². The highest BCUT2D eigenvalue weighted by atomic mass is 35.5. The summed E-state index contributed by atoms with van der Waals surface area (Å²) in [7, 11) is 1.33. The molecule has 0 aliphatic rings. The zero-order chi connectivity index (χ0) is 24.5. The van der Waals surface area contributed by atoms with Crippen LogP contribution in [-0.4, -0.2) is 23.0 Å². The number of pyridine rings is 1. The van der Waals surface area contributed by atoms with E-state index >= 15 is 0 Å². The summed E-state index contributed by atoms with van der Waals surface area (Å²) in [5.74, 6) is -0.212. The number of amides is 1. The van der Waals surface area contributed by atoms with E-state index in [1.165, 1.54) is 19.2 Å². The minimum Gasteiger partial charge on any atom is -0.494 e. The lowest BCUT2D eigenvalue weighted by Crippen LogP contribution is -2.24. The van der Waals surface area contributed by atoms with Crippen LogP contribution in [0.25, 0.3) is 22.4 Å². The highest BCUT2D eigenvalue weighted by molar-refractivity contribution is 6.30. The van der Waals surface area contributed by atoms with E-state index in [0.29, 0.717) is 16.0 Å². The Morgan fingerprint density at radius 3 is 2.50 bits per heavy atom. The Kier molecular flexibility index (Phi) is 6.45. The summed E-state index contributed by atoms with van der Waals surface area (Å²) in [6.07, 6.45) is -4.62. The van der Waals surface area contributed by atoms with Gasteiger partial charge in [0.2, 0.25) is 5.89 Å². The summed E-state index contributed by atoms with van der Waals surface area (Å²) in [5.41, 5.74) is 5.81. The Hall–Kier alpha value is -3.63. The highest BCUT2D eigenvalue weighted by Gasteiger charge is 2.33. The average molecular weight is 491 g/mol. The minimum absolute atomic E-state index is 0.0175. The third kappa shape index (κ3) is 4.68. The number of rotatable bonds is 6. The lowest BCUT2D eigenvalue weighted by atomic mass is 10.1. The molecule has 4 rings (SSSR count). The maximum absolute atomic E-state index is 13.2. The number of nitrogens with two attached hydrogens (primary N) is 1. The molecular weight excluding hydrogens is 473 g/mol. The van der Waals surface area contributed by atoms with Crippen LogP contribution in [0.1, 0.15) is 27.5 Å². The second-order valence-corrected chi connectivity index (χ2v) is 7.65. The van der Waals surface area contributed by atoms with Gasteiger partial charge in [-0.3, -0.25) is 4.79 Å². The molecule has 0 unspecified atom stereocenters. The van der Waals surface area contributed by atoms with Crippen molar-refractivity contribution in [1.82, 2.24) is 15.3 Å². The van der Waals surface area contributed by atoms with E-state index in [9.17, 15) is 18.0 Å². The molecule has 0 fully saturated rings. The monoisotopic (exact) mass is 490 g/mol. The van der Waals surface area contributed by atoms with Crippen LogP contribution in [0.15, 0.2) is 52.9 Å². The largest absolute Gasteiger partial charge is 0.494 e. The predicted molar refractivity (Wildman–Crippen MR) is 119 cm³/mol. The van der Waals surface area contributed by atoms with Gasteiger partial charge in [-0.2, -0.15) is 13.2 Å². The van der Waals surface area contributed by atoms with Crippen LogP contribution in [0.5, 0.6) is 5.75 Å². The highest BCUT2D eigenvalue weighted by Crippen LogP contribution is 2.36. The molecule has 0 atom stereocenters. The number of nitrogens with zero attached hydrogens (tertiary/aromatic N) is 2. The molecule has 0 saturated carbocycles. The van der Waals surface area contributed by atoms with Crippen molar-refractivity contribution in [2.75, 3.05) is 7.11 Å². The fraction of sp³-hybridized carbons (Fsp3) is 0.174. The summed E-state index contributed by atoms with van der Waals surface area (Å²) in [4.78, 5) is 20.8. The Bertz CT molecular complexity index is 1350. The van der Waals surface area contributed by atoms with Crippen molar-refractivity contribution >= 4 is 28.4 Å². The Labute approximate surface area is 196 Å². The third-order valence-electron chi connectivity index (χ3n) is 5.03. The Balaban J connectivity index is 1.70. The molecule has 3 N–H and O–H groups in total. The van der Waals surface area contributed by atoms with Gasteiger partial charge in [0, 0.05) is 22.5 Å². The van der Waals surface area contributed by atoms with Gasteiger partial charge in [0.25, 0.3) is 5.91 Å². The van der Waals surface area contributed by atoms with Crippen LogP contribution in [-0.2, 0) is 19.3 Å². The van der Waals surface area contributed by atoms with Crippen LogP contribution in [0.3, 0.4) is 0 Å². The number of fused-ring (bicyclic) bond motifs is 1. The number of oxazole rings is 1. The molecule has 34 heavy (non-hydrogen) atoms. The number of ether oxygens (including phenoxy) is 1. The van der Waals surface area contributed by atoms with Crippen molar-refractivity contribution < 1.29 is 27.1 Å². The van der Waals surface area contributed by atoms with Gasteiger partial charge in [0.15, 0.2) is 11.5 Å². The van der Waals surface area contributed by atoms with Gasteiger partial charge in [-0.05, 0) is 42.0 Å². The zero-order valence-corrected chi connectivity index (χ0v) is 18.5. The summed E-state index contributed by atoms with van der Waals surface area (Å²) in [6, 6.07) is 12.1. The number of hydrogen-bond donors (Lipinski definition) is 2. The third-order valence-corrected chi connectivity index (χ3v) is 5.28. The average Bonchev–Trinajstić information content (AvgIpc) is 3.26. The molecule has 11 heteroatoms. The lowest BCUT2D eigenvalue weighted by Gasteiger charge is -2.11. The second kappa shape index (κ2) is 9.32. The van der Waals surface area contributed by atoms with E-state index in [1.807, 2.05) is 0 Å². The van der Waals surface area contributed by atoms with Crippen LogP contribution < -0.4 is 15.8 Å². The van der Waals surface area contributed by atoms with Crippen LogP contribution in [0.2, 0.25) is 5.02 Å². The fourth-order valence-electron chi connectivity index (χ4n) is 3.35. The van der Waals surface area contributed by atoms with E-state index in [1.54, 1.807) is 30.3 Å². The number of carbonyl (C=O) groups is 1. The predicted octanol–water partition coefficient (Wildman–Crippen LogP) is 4.96. The smallest absolute Gasteiger partial charge is 0.433 e. The quantitative estimate of drug-likeness (QED) is 0.396. The number of aromatic nitrogens is 2. The number of carbonyl (C=O) groups excluding carboxylic acids is 1. The summed E-state index contributed by atoms with van der Waals surface area (Å²) < 4.78 is 50.4. The van der Waals surface area contributed by atoms with E-state index in [-0.39, 0.29) is 41.7 Å². The number of methoxy groups -OCH3 is 1. The SMILES string of the molecule is COc1ccc(-c2nc(C(=O)NCc3ccc(Cl)cc3)c(CN)o2)c2ccc(C(F)(F)F)nc12. The Morgan fingerprint density at radius 2 is 1.85 bits per heavy atom. The molecule has 2 heterocycles. The van der Waals surface area contributed by atoms with Gasteiger partial charge in [0.05, 0.1) is 13.7 Å². The van der Waals surface area contributed by atoms with Crippen molar-refractivity contribution in [2.24, 2.45) is 5.73 Å². The molecule has 2 aromatic heterocycles. The molecule has 0 radical (unpaired) electrons. The molecule has 2 aromatic carbocycles. The first kappa shape index (κ1) is 23.5. The summed E-state index contributed by atoms with van der Waals surface area (Å²) in [5, 5.41) is 3.62. The topological polar surface area (TPSA) is 103 Å². The molecule has 7 nitrogen and oxygen atoms in total. The van der Waals surface area contributed by atoms with Gasteiger partial charge < -0.3 is 20.2 Å². The molecular formula is C23H18ClF3N4O3. The number of nitrogens with one attached hydrogen (secondary N) is 1. The maximum Gasteiger partial charge on any atom is 0.433 e. The molecule has 1 amide bonds. The molecule has 0 saturated heterocycles. The summed E-state index contributed by atoms with van der Waals surface area (Å²) in [6.45, 7) is 0.110. The van der Waals surface area contributed by atoms with Gasteiger partial charge in [-0.1, -0.05) is 23.7 Å². The lowest BCUT2D eigenvalue weighted by molar-refractivity contribution is -0.140. The van der Waals surface area contributed by atoms with E-state index in [0.717, 1.165) is 11.6 Å². The van der Waals surface area contributed by atoms with E-state index < -0.39 is 17.8 Å². The van der Waals surface area contributed by atoms with Crippen molar-refractivity contribution in [3.8, 4) is 17.2 Å². The molecule has 176 valence electrons. The molecule has 0 aliphatic carbocycles. The normalized spacial score (nSPS) is 11.6. The Morgan fingerprint density at radius 1 is 1.12 bits per heavy atom. The minimum atomic E-state index is -4.62. The van der Waals surface area contributed by atoms with Gasteiger partial charge >= 0.3 is 6.18 Å². The number of halogens is 4. The molecule has 0 bridgehead atoms. The van der Waals surface area contributed by atoms with Crippen molar-refractivity contribution in [2.45, 2.75) is 19.3 Å². The molecule has 0 spiro atoms. The second-order valence-electron chi connectivity index (χ2n) is 7.21. The maximum atomic E-state index is 13.2. The van der Waals surface area contributed by atoms with Crippen molar-refractivity contribution in [1.29, 1.82) is 0 Å². The van der Waals surface area contributed by atoms with Crippen molar-refractivity contribution in [3.05, 3.63) is 76.3 Å². The van der Waals surface area contributed by atoms with Crippen LogP contribution >= 0.6 is 11.6 Å². The standard InChI is InChI=1S/C23H18ClF3N4O3/c1-33-16-8-6-15(14-7-9-18(23(25,26)27)30-19(14)16)22-31-20(17(10-28)34-22)21(32)29-11-12-2-4-13(24)5-3-12/h2-9H,10-11,28H2,1H3,(H,29,32). The first-order valence-corrected chi connectivity index (χ1v) is 10.4.